The molecule has 0 unspecified atom stereocenters. The lowest BCUT2D eigenvalue weighted by molar-refractivity contribution is 0.0189. The van der Waals surface area contributed by atoms with Crippen molar-refractivity contribution < 1.29 is 13.9 Å². The van der Waals surface area contributed by atoms with E-state index in [1.165, 1.54) is 12.1 Å². The summed E-state index contributed by atoms with van der Waals surface area (Å²) < 4.78 is 26.2. The predicted octanol–water partition coefficient (Wildman–Crippen LogP) is 1.27. The lowest BCUT2D eigenvalue weighted by Crippen LogP contribution is -2.52. The molecule has 1 aromatic carbocycles. The Hall–Kier alpha value is -1.00. The molecule has 0 amide bonds. The monoisotopic (exact) mass is 199 g/mol. The first-order chi connectivity index (χ1) is 6.53. The molecule has 0 saturated heterocycles. The van der Waals surface area contributed by atoms with Crippen LogP contribution in [0.5, 0.6) is 0 Å². The average molecular weight is 199 g/mol. The van der Waals surface area contributed by atoms with E-state index in [2.05, 4.69) is 0 Å². The molecular formula is C10H11F2NO. The Balaban J connectivity index is 2.37. The molecule has 0 heterocycles. The van der Waals surface area contributed by atoms with Crippen molar-refractivity contribution in [2.24, 2.45) is 5.73 Å². The van der Waals surface area contributed by atoms with Crippen LogP contribution < -0.4 is 5.73 Å². The molecule has 1 aliphatic rings. The number of benzene rings is 1. The number of halogens is 2. The Morgan fingerprint density at radius 2 is 2.00 bits per heavy atom. The normalized spacial score (nSPS) is 31.3. The number of aliphatic hydroxyl groups is 1. The molecule has 3 N–H and O–H groups in total. The van der Waals surface area contributed by atoms with E-state index >= 15 is 0 Å². The number of nitrogens with two attached hydrogens (primary N) is 1. The molecule has 0 atom stereocenters. The Morgan fingerprint density at radius 1 is 1.36 bits per heavy atom. The molecule has 1 aromatic rings. The maximum absolute atomic E-state index is 13.3. The Bertz CT molecular complexity index is 361. The second-order valence-corrected chi connectivity index (χ2v) is 3.82. The summed E-state index contributed by atoms with van der Waals surface area (Å²) in [5.41, 5.74) is 5.08. The molecule has 0 bridgehead atoms. The Kier molecular flexibility index (Phi) is 2.05. The van der Waals surface area contributed by atoms with Gasteiger partial charge in [-0.1, -0.05) is 12.1 Å². The van der Waals surface area contributed by atoms with Crippen molar-refractivity contribution in [3.05, 3.63) is 35.4 Å². The summed E-state index contributed by atoms with van der Waals surface area (Å²) in [4.78, 5) is 0. The first-order valence-electron chi connectivity index (χ1n) is 4.44. The summed E-state index contributed by atoms with van der Waals surface area (Å²) in [6, 6.07) is 3.94. The highest BCUT2D eigenvalue weighted by molar-refractivity contribution is 5.29. The van der Waals surface area contributed by atoms with Gasteiger partial charge in [0.05, 0.1) is 6.10 Å². The van der Waals surface area contributed by atoms with Crippen molar-refractivity contribution in [1.29, 1.82) is 0 Å². The molecule has 76 valence electrons. The smallest absolute Gasteiger partial charge is 0.163 e. The first kappa shape index (κ1) is 9.55. The van der Waals surface area contributed by atoms with Gasteiger partial charge in [0.2, 0.25) is 0 Å². The number of aliphatic hydroxyl groups excluding tert-OH is 1. The third kappa shape index (κ3) is 1.31. The van der Waals surface area contributed by atoms with Gasteiger partial charge in [-0.2, -0.15) is 0 Å². The predicted molar refractivity (Wildman–Crippen MR) is 47.5 cm³/mol. The second kappa shape index (κ2) is 3.00. The molecule has 0 aromatic heterocycles. The molecular weight excluding hydrogens is 188 g/mol. The lowest BCUT2D eigenvalue weighted by Gasteiger charge is -2.42. The third-order valence-electron chi connectivity index (χ3n) is 2.69. The maximum atomic E-state index is 13.3. The van der Waals surface area contributed by atoms with Crippen molar-refractivity contribution in [1.82, 2.24) is 0 Å². The van der Waals surface area contributed by atoms with Crippen LogP contribution >= 0.6 is 0 Å². The topological polar surface area (TPSA) is 46.2 Å². The molecule has 2 rings (SSSR count). The largest absolute Gasteiger partial charge is 0.393 e. The maximum Gasteiger partial charge on any atom is 0.163 e. The standard InChI is InChI=1S/C10H11F2NO/c11-8-3-1-2-7(9(8)12)10(13)4-6(14)5-10/h1-3,6,14H,4-5,13H2. The van der Waals surface area contributed by atoms with Gasteiger partial charge in [-0.05, 0) is 18.9 Å². The lowest BCUT2D eigenvalue weighted by atomic mass is 9.70. The van der Waals surface area contributed by atoms with Crippen LogP contribution in [0.15, 0.2) is 18.2 Å². The summed E-state index contributed by atoms with van der Waals surface area (Å²) in [6.45, 7) is 0. The first-order valence-corrected chi connectivity index (χ1v) is 4.44. The van der Waals surface area contributed by atoms with Gasteiger partial charge in [-0.3, -0.25) is 0 Å². The highest BCUT2D eigenvalue weighted by Crippen LogP contribution is 2.40. The quantitative estimate of drug-likeness (QED) is 0.715. The number of rotatable bonds is 1. The summed E-state index contributed by atoms with van der Waals surface area (Å²) in [6.07, 6.45) is 0.0727. The Labute approximate surface area is 80.4 Å². The van der Waals surface area contributed by atoms with E-state index in [1.807, 2.05) is 0 Å². The fraction of sp³-hybridized carbons (Fsp3) is 0.400. The summed E-state index contributed by atoms with van der Waals surface area (Å²) in [5.74, 6) is -1.80. The molecule has 0 radical (unpaired) electrons. The molecule has 1 fully saturated rings. The van der Waals surface area contributed by atoms with E-state index in [4.69, 9.17) is 10.8 Å². The summed E-state index contributed by atoms with van der Waals surface area (Å²) in [7, 11) is 0. The summed E-state index contributed by atoms with van der Waals surface area (Å²) >= 11 is 0. The zero-order valence-electron chi connectivity index (χ0n) is 7.50. The van der Waals surface area contributed by atoms with Gasteiger partial charge >= 0.3 is 0 Å². The SMILES string of the molecule is NC1(c2cccc(F)c2F)CC(O)C1. The van der Waals surface area contributed by atoms with Crippen LogP contribution in [0.4, 0.5) is 8.78 Å². The van der Waals surface area contributed by atoms with Gasteiger partial charge < -0.3 is 10.8 Å². The van der Waals surface area contributed by atoms with Gasteiger partial charge in [0.1, 0.15) is 0 Å². The number of hydrogen-bond acceptors (Lipinski definition) is 2. The Morgan fingerprint density at radius 3 is 2.57 bits per heavy atom. The van der Waals surface area contributed by atoms with Crippen LogP contribution in [0.3, 0.4) is 0 Å². The molecule has 4 heteroatoms. The second-order valence-electron chi connectivity index (χ2n) is 3.82. The number of hydrogen-bond donors (Lipinski definition) is 2. The molecule has 2 nitrogen and oxygen atoms in total. The minimum Gasteiger partial charge on any atom is -0.393 e. The van der Waals surface area contributed by atoms with E-state index in [9.17, 15) is 8.78 Å². The van der Waals surface area contributed by atoms with Crippen LogP contribution in [-0.2, 0) is 5.54 Å². The molecule has 1 saturated carbocycles. The van der Waals surface area contributed by atoms with Crippen molar-refractivity contribution in [2.75, 3.05) is 0 Å². The fourth-order valence-corrected chi connectivity index (χ4v) is 1.89. The zero-order valence-corrected chi connectivity index (χ0v) is 7.50. The van der Waals surface area contributed by atoms with E-state index < -0.39 is 23.3 Å². The van der Waals surface area contributed by atoms with E-state index in [0.717, 1.165) is 6.07 Å². The van der Waals surface area contributed by atoms with Gasteiger partial charge in [-0.25, -0.2) is 8.78 Å². The minimum absolute atomic E-state index is 0.155. The van der Waals surface area contributed by atoms with Crippen LogP contribution in [-0.4, -0.2) is 11.2 Å². The van der Waals surface area contributed by atoms with E-state index in [-0.39, 0.29) is 18.4 Å². The van der Waals surface area contributed by atoms with E-state index in [0.29, 0.717) is 0 Å². The molecule has 14 heavy (non-hydrogen) atoms. The molecule has 0 aliphatic heterocycles. The molecule has 1 aliphatic carbocycles. The van der Waals surface area contributed by atoms with Gasteiger partial charge in [0.15, 0.2) is 11.6 Å². The molecule has 0 spiro atoms. The van der Waals surface area contributed by atoms with Crippen molar-refractivity contribution in [3.8, 4) is 0 Å². The van der Waals surface area contributed by atoms with Crippen LogP contribution in [0.25, 0.3) is 0 Å². The van der Waals surface area contributed by atoms with Gasteiger partial charge in [0, 0.05) is 11.1 Å². The van der Waals surface area contributed by atoms with Crippen LogP contribution in [0.2, 0.25) is 0 Å². The highest BCUT2D eigenvalue weighted by atomic mass is 19.2. The van der Waals surface area contributed by atoms with Gasteiger partial charge in [0.25, 0.3) is 0 Å². The van der Waals surface area contributed by atoms with Crippen molar-refractivity contribution in [3.63, 3.8) is 0 Å². The van der Waals surface area contributed by atoms with Crippen molar-refractivity contribution >= 4 is 0 Å². The fourth-order valence-electron chi connectivity index (χ4n) is 1.89. The van der Waals surface area contributed by atoms with Crippen molar-refractivity contribution in [2.45, 2.75) is 24.5 Å². The summed E-state index contributed by atoms with van der Waals surface area (Å²) in [5, 5.41) is 9.11. The van der Waals surface area contributed by atoms with E-state index in [1.54, 1.807) is 0 Å². The minimum atomic E-state index is -0.901. The average Bonchev–Trinajstić information content (AvgIpc) is 2.07. The highest BCUT2D eigenvalue weighted by Gasteiger charge is 2.43. The van der Waals surface area contributed by atoms with Gasteiger partial charge in [-0.15, -0.1) is 0 Å². The van der Waals surface area contributed by atoms with Crippen LogP contribution in [0, 0.1) is 11.6 Å². The van der Waals surface area contributed by atoms with Crippen LogP contribution in [0.1, 0.15) is 18.4 Å². The third-order valence-corrected chi connectivity index (χ3v) is 2.69. The zero-order chi connectivity index (χ0) is 10.3.